The van der Waals surface area contributed by atoms with E-state index in [1.165, 1.54) is 0 Å². The molecule has 0 saturated carbocycles. The number of anilines is 1. The van der Waals surface area contributed by atoms with Crippen molar-refractivity contribution in [2.45, 2.75) is 24.7 Å². The summed E-state index contributed by atoms with van der Waals surface area (Å²) >= 11 is 0. The van der Waals surface area contributed by atoms with Crippen molar-refractivity contribution >= 4 is 15.7 Å². The van der Waals surface area contributed by atoms with Crippen LogP contribution in [0.5, 0.6) is 5.75 Å². The van der Waals surface area contributed by atoms with Crippen LogP contribution in [0.15, 0.2) is 82.2 Å². The van der Waals surface area contributed by atoms with Crippen LogP contribution < -0.4 is 9.46 Å². The summed E-state index contributed by atoms with van der Waals surface area (Å²) in [5, 5.41) is 4.04. The predicted octanol–water partition coefficient (Wildman–Crippen LogP) is 4.64. The largest absolute Gasteiger partial charge is 0.497 e. The molecule has 32 heavy (non-hydrogen) atoms. The summed E-state index contributed by atoms with van der Waals surface area (Å²) in [4.78, 5) is 4.66. The first kappa shape index (κ1) is 21.6. The predicted molar refractivity (Wildman–Crippen MR) is 122 cm³/mol. The van der Waals surface area contributed by atoms with Crippen molar-refractivity contribution in [2.24, 2.45) is 0 Å². The highest BCUT2D eigenvalue weighted by Gasteiger charge is 2.14. The standard InChI is InChI=1S/C24H23N3O4S/c1-17-3-14-22(15-4-17)32(28,29)27-20-10-8-19(9-11-20)24-25-23(31-26-24)16-7-18-5-12-21(30-2)13-6-18/h3-6,8-15,27H,7,16H2,1-2H3. The smallest absolute Gasteiger partial charge is 0.261 e. The van der Waals surface area contributed by atoms with Crippen LogP contribution in [0.2, 0.25) is 0 Å². The first-order valence-electron chi connectivity index (χ1n) is 10.1. The zero-order valence-corrected chi connectivity index (χ0v) is 18.6. The van der Waals surface area contributed by atoms with Crippen molar-refractivity contribution in [1.82, 2.24) is 10.1 Å². The number of hydrogen-bond acceptors (Lipinski definition) is 6. The number of aryl methyl sites for hydroxylation is 3. The summed E-state index contributed by atoms with van der Waals surface area (Å²) in [6.45, 7) is 1.91. The molecule has 0 fully saturated rings. The number of rotatable bonds is 8. The lowest BCUT2D eigenvalue weighted by Gasteiger charge is -2.08. The lowest BCUT2D eigenvalue weighted by atomic mass is 10.1. The summed E-state index contributed by atoms with van der Waals surface area (Å²) in [5.41, 5.74) is 3.34. The Kier molecular flexibility index (Phi) is 6.23. The maximum Gasteiger partial charge on any atom is 0.261 e. The third-order valence-corrected chi connectivity index (χ3v) is 6.38. The van der Waals surface area contributed by atoms with Gasteiger partial charge in [0, 0.05) is 17.7 Å². The SMILES string of the molecule is COc1ccc(CCc2nc(-c3ccc(NS(=O)(=O)c4ccc(C)cc4)cc3)no2)cc1. The van der Waals surface area contributed by atoms with Crippen LogP contribution >= 0.6 is 0 Å². The number of benzene rings is 3. The summed E-state index contributed by atoms with van der Waals surface area (Å²) in [5.74, 6) is 1.82. The first-order chi connectivity index (χ1) is 15.4. The van der Waals surface area contributed by atoms with Crippen LogP contribution in [0.3, 0.4) is 0 Å². The van der Waals surface area contributed by atoms with E-state index in [0.717, 1.165) is 28.9 Å². The Bertz CT molecular complexity index is 1280. The van der Waals surface area contributed by atoms with E-state index in [9.17, 15) is 8.42 Å². The minimum atomic E-state index is -3.65. The second-order valence-corrected chi connectivity index (χ2v) is 9.04. The zero-order chi connectivity index (χ0) is 22.6. The van der Waals surface area contributed by atoms with E-state index in [4.69, 9.17) is 9.26 Å². The number of nitrogens with zero attached hydrogens (tertiary/aromatic N) is 2. The van der Waals surface area contributed by atoms with Gasteiger partial charge in [0.25, 0.3) is 10.0 Å². The third-order valence-electron chi connectivity index (χ3n) is 4.98. The van der Waals surface area contributed by atoms with Crippen LogP contribution in [-0.4, -0.2) is 25.7 Å². The molecule has 164 valence electrons. The molecule has 4 aromatic rings. The van der Waals surface area contributed by atoms with Crippen molar-refractivity contribution in [2.75, 3.05) is 11.8 Å². The van der Waals surface area contributed by atoms with Crippen molar-refractivity contribution < 1.29 is 17.7 Å². The maximum absolute atomic E-state index is 12.5. The molecule has 0 bridgehead atoms. The minimum absolute atomic E-state index is 0.215. The first-order valence-corrected chi connectivity index (χ1v) is 11.6. The number of aromatic nitrogens is 2. The summed E-state index contributed by atoms with van der Waals surface area (Å²) in [6.07, 6.45) is 1.39. The van der Waals surface area contributed by atoms with Gasteiger partial charge in [-0.1, -0.05) is 35.0 Å². The molecule has 0 amide bonds. The lowest BCUT2D eigenvalue weighted by Crippen LogP contribution is -2.12. The molecule has 0 aliphatic heterocycles. The quantitative estimate of drug-likeness (QED) is 0.421. The van der Waals surface area contributed by atoms with Gasteiger partial charge in [-0.25, -0.2) is 8.42 Å². The van der Waals surface area contributed by atoms with Crippen LogP contribution in [0.4, 0.5) is 5.69 Å². The number of nitrogens with one attached hydrogen (secondary N) is 1. The van der Waals surface area contributed by atoms with E-state index in [-0.39, 0.29) is 4.90 Å². The van der Waals surface area contributed by atoms with Gasteiger partial charge in [-0.15, -0.1) is 0 Å². The molecule has 0 aliphatic rings. The van der Waals surface area contributed by atoms with Crippen molar-refractivity contribution in [3.63, 3.8) is 0 Å². The normalized spacial score (nSPS) is 11.3. The Hall–Kier alpha value is -3.65. The summed E-state index contributed by atoms with van der Waals surface area (Å²) in [6, 6.07) is 21.4. The molecular formula is C24H23N3O4S. The van der Waals surface area contributed by atoms with Gasteiger partial charge in [-0.05, 0) is 67.4 Å². The van der Waals surface area contributed by atoms with Crippen molar-refractivity contribution in [1.29, 1.82) is 0 Å². The Labute approximate surface area is 187 Å². The van der Waals surface area contributed by atoms with E-state index in [1.807, 2.05) is 31.2 Å². The third kappa shape index (κ3) is 5.15. The molecule has 0 spiro atoms. The van der Waals surface area contributed by atoms with Crippen molar-refractivity contribution in [3.05, 3.63) is 89.8 Å². The number of methoxy groups -OCH3 is 1. The highest BCUT2D eigenvalue weighted by molar-refractivity contribution is 7.92. The molecular weight excluding hydrogens is 426 g/mol. The fourth-order valence-electron chi connectivity index (χ4n) is 3.14. The minimum Gasteiger partial charge on any atom is -0.497 e. The van der Waals surface area contributed by atoms with Crippen molar-refractivity contribution in [3.8, 4) is 17.1 Å². The van der Waals surface area contributed by atoms with Gasteiger partial charge in [-0.3, -0.25) is 4.72 Å². The number of sulfonamides is 1. The van der Waals surface area contributed by atoms with Crippen LogP contribution in [0.25, 0.3) is 11.4 Å². The van der Waals surface area contributed by atoms with Crippen LogP contribution in [0.1, 0.15) is 17.0 Å². The molecule has 7 nitrogen and oxygen atoms in total. The number of hydrogen-bond donors (Lipinski definition) is 1. The maximum atomic E-state index is 12.5. The molecule has 8 heteroatoms. The topological polar surface area (TPSA) is 94.3 Å². The van der Waals surface area contributed by atoms with Gasteiger partial charge in [0.2, 0.25) is 11.7 Å². The highest BCUT2D eigenvalue weighted by Crippen LogP contribution is 2.22. The molecule has 3 aromatic carbocycles. The molecule has 1 aromatic heterocycles. The van der Waals surface area contributed by atoms with Gasteiger partial charge >= 0.3 is 0 Å². The van der Waals surface area contributed by atoms with Crippen LogP contribution in [0, 0.1) is 6.92 Å². The Balaban J connectivity index is 1.39. The van der Waals surface area contributed by atoms with E-state index in [0.29, 0.717) is 23.8 Å². The number of ether oxygens (including phenoxy) is 1. The molecule has 0 unspecified atom stereocenters. The zero-order valence-electron chi connectivity index (χ0n) is 17.8. The lowest BCUT2D eigenvalue weighted by molar-refractivity contribution is 0.379. The monoisotopic (exact) mass is 449 g/mol. The molecule has 1 N–H and O–H groups in total. The van der Waals surface area contributed by atoms with E-state index in [2.05, 4.69) is 14.9 Å². The van der Waals surface area contributed by atoms with E-state index >= 15 is 0 Å². The second-order valence-electron chi connectivity index (χ2n) is 7.36. The van der Waals surface area contributed by atoms with Gasteiger partial charge in [0.1, 0.15) is 5.75 Å². The van der Waals surface area contributed by atoms with Gasteiger partial charge in [0.15, 0.2) is 0 Å². The van der Waals surface area contributed by atoms with Gasteiger partial charge < -0.3 is 9.26 Å². The van der Waals surface area contributed by atoms with Crippen LogP contribution in [-0.2, 0) is 22.9 Å². The average Bonchev–Trinajstić information content (AvgIpc) is 3.28. The van der Waals surface area contributed by atoms with E-state index in [1.54, 1.807) is 55.6 Å². The Morgan fingerprint density at radius 3 is 2.25 bits per heavy atom. The average molecular weight is 450 g/mol. The summed E-state index contributed by atoms with van der Waals surface area (Å²) in [7, 11) is -2.01. The second kappa shape index (κ2) is 9.23. The summed E-state index contributed by atoms with van der Waals surface area (Å²) < 4.78 is 38.2. The Morgan fingerprint density at radius 1 is 0.906 bits per heavy atom. The fourth-order valence-corrected chi connectivity index (χ4v) is 4.19. The van der Waals surface area contributed by atoms with E-state index < -0.39 is 10.0 Å². The van der Waals surface area contributed by atoms with Gasteiger partial charge in [-0.2, -0.15) is 4.98 Å². The molecule has 0 atom stereocenters. The Morgan fingerprint density at radius 2 is 1.59 bits per heavy atom. The fraction of sp³-hybridized carbons (Fsp3) is 0.167. The molecule has 4 rings (SSSR count). The highest BCUT2D eigenvalue weighted by atomic mass is 32.2. The molecule has 0 radical (unpaired) electrons. The van der Waals surface area contributed by atoms with Gasteiger partial charge in [0.05, 0.1) is 12.0 Å². The molecule has 1 heterocycles. The molecule has 0 saturated heterocycles. The molecule has 0 aliphatic carbocycles.